The first-order chi connectivity index (χ1) is 8.16. The Morgan fingerprint density at radius 2 is 2.18 bits per heavy atom. The number of nitrogens with one attached hydrogen (secondary N) is 1. The summed E-state index contributed by atoms with van der Waals surface area (Å²) in [6.45, 7) is 0. The lowest BCUT2D eigenvalue weighted by atomic mass is 10.2. The third-order valence-corrected chi connectivity index (χ3v) is 2.06. The second kappa shape index (κ2) is 4.60. The number of carbonyl (C=O) groups is 1. The number of hydrogen-bond donors (Lipinski definition) is 2. The van der Waals surface area contributed by atoms with Gasteiger partial charge in [-0.05, 0) is 17.3 Å². The summed E-state index contributed by atoms with van der Waals surface area (Å²) in [4.78, 5) is 11.5. The van der Waals surface area contributed by atoms with Crippen molar-refractivity contribution in [3.8, 4) is 0 Å². The Labute approximate surface area is 95.6 Å². The summed E-state index contributed by atoms with van der Waals surface area (Å²) in [7, 11) is 0. The molecule has 88 valence electrons. The van der Waals surface area contributed by atoms with Gasteiger partial charge in [0.25, 0.3) is 0 Å². The maximum Gasteiger partial charge on any atom is 0.230 e. The second-order valence-corrected chi connectivity index (χ2v) is 3.30. The van der Waals surface area contributed by atoms with Crippen molar-refractivity contribution in [3.63, 3.8) is 0 Å². The van der Waals surface area contributed by atoms with Gasteiger partial charge in [0.05, 0.1) is 12.1 Å². The Kier molecular flexibility index (Phi) is 2.99. The average molecular weight is 236 g/mol. The van der Waals surface area contributed by atoms with Crippen LogP contribution in [-0.4, -0.2) is 16.2 Å². The van der Waals surface area contributed by atoms with Gasteiger partial charge in [-0.15, -0.1) is 0 Å². The normalized spacial score (nSPS) is 10.2. The zero-order chi connectivity index (χ0) is 12.3. The molecule has 0 bridgehead atoms. The Morgan fingerprint density at radius 1 is 1.41 bits per heavy atom. The van der Waals surface area contributed by atoms with Crippen molar-refractivity contribution in [1.82, 2.24) is 10.3 Å². The highest BCUT2D eigenvalue weighted by atomic mass is 19.1. The van der Waals surface area contributed by atoms with Crippen molar-refractivity contribution in [2.45, 2.75) is 6.42 Å². The van der Waals surface area contributed by atoms with Crippen LogP contribution in [0.3, 0.4) is 0 Å². The number of aromatic nitrogens is 2. The number of hydrogen-bond acceptors (Lipinski definition) is 5. The molecule has 0 radical (unpaired) electrons. The highest BCUT2D eigenvalue weighted by molar-refractivity contribution is 5.92. The quantitative estimate of drug-likeness (QED) is 0.828. The molecule has 1 heterocycles. The smallest absolute Gasteiger partial charge is 0.230 e. The topological polar surface area (TPSA) is 94.0 Å². The minimum atomic E-state index is -0.507. The molecule has 0 unspecified atom stereocenters. The molecule has 2 aromatic rings. The molecular weight excluding hydrogens is 227 g/mol. The third kappa shape index (κ3) is 2.57. The summed E-state index contributed by atoms with van der Waals surface area (Å²) in [6, 6.07) is 5.86. The Bertz CT molecular complexity index is 541. The van der Waals surface area contributed by atoms with Gasteiger partial charge in [-0.3, -0.25) is 4.79 Å². The highest BCUT2D eigenvalue weighted by Crippen LogP contribution is 2.13. The molecule has 0 aliphatic carbocycles. The molecule has 6 nitrogen and oxygen atoms in total. The van der Waals surface area contributed by atoms with Crippen LogP contribution in [0.25, 0.3) is 0 Å². The lowest BCUT2D eigenvalue weighted by Crippen LogP contribution is -2.16. The van der Waals surface area contributed by atoms with Gasteiger partial charge in [-0.2, -0.15) is 0 Å². The standard InChI is InChI=1S/C10H9FN4O2/c11-6-3-1-2-4-7(6)13-9(16)5-8-10(12)15-17-14-8/h1-4H,5H2,(H2,12,15)(H,13,16). The van der Waals surface area contributed by atoms with E-state index in [1.807, 2.05) is 0 Å². The Hall–Kier alpha value is -2.44. The molecule has 0 saturated heterocycles. The van der Waals surface area contributed by atoms with Gasteiger partial charge in [-0.25, -0.2) is 9.02 Å². The molecule has 0 aliphatic rings. The van der Waals surface area contributed by atoms with Crippen LogP contribution in [0.2, 0.25) is 0 Å². The largest absolute Gasteiger partial charge is 0.379 e. The van der Waals surface area contributed by atoms with E-state index in [0.717, 1.165) is 0 Å². The fourth-order valence-electron chi connectivity index (χ4n) is 1.25. The van der Waals surface area contributed by atoms with Crippen LogP contribution in [0.1, 0.15) is 5.69 Å². The van der Waals surface area contributed by atoms with Gasteiger partial charge in [0.1, 0.15) is 11.5 Å². The van der Waals surface area contributed by atoms with Crippen molar-refractivity contribution in [2.24, 2.45) is 0 Å². The summed E-state index contributed by atoms with van der Waals surface area (Å²) in [5, 5.41) is 9.18. The van der Waals surface area contributed by atoms with E-state index in [0.29, 0.717) is 0 Å². The number of halogens is 1. The van der Waals surface area contributed by atoms with E-state index < -0.39 is 11.7 Å². The molecule has 0 fully saturated rings. The molecule has 0 atom stereocenters. The van der Waals surface area contributed by atoms with E-state index in [9.17, 15) is 9.18 Å². The van der Waals surface area contributed by atoms with Crippen molar-refractivity contribution >= 4 is 17.4 Å². The molecule has 0 saturated carbocycles. The van der Waals surface area contributed by atoms with Gasteiger partial charge in [0, 0.05) is 0 Å². The average Bonchev–Trinajstić information content (AvgIpc) is 2.68. The van der Waals surface area contributed by atoms with E-state index in [1.54, 1.807) is 6.07 Å². The van der Waals surface area contributed by atoms with Crippen molar-refractivity contribution in [1.29, 1.82) is 0 Å². The van der Waals surface area contributed by atoms with Crippen molar-refractivity contribution in [2.75, 3.05) is 11.1 Å². The van der Waals surface area contributed by atoms with E-state index >= 15 is 0 Å². The summed E-state index contributed by atoms with van der Waals surface area (Å²) in [5.74, 6) is -0.904. The van der Waals surface area contributed by atoms with Crippen LogP contribution in [0, 0.1) is 5.82 Å². The van der Waals surface area contributed by atoms with Gasteiger partial charge in [0.15, 0.2) is 5.82 Å². The van der Waals surface area contributed by atoms with E-state index in [-0.39, 0.29) is 23.6 Å². The number of carbonyl (C=O) groups excluding carboxylic acids is 1. The molecule has 1 aromatic carbocycles. The van der Waals surface area contributed by atoms with Crippen LogP contribution < -0.4 is 11.1 Å². The third-order valence-electron chi connectivity index (χ3n) is 2.06. The molecule has 0 aliphatic heterocycles. The number of rotatable bonds is 3. The van der Waals surface area contributed by atoms with Crippen molar-refractivity contribution < 1.29 is 13.8 Å². The van der Waals surface area contributed by atoms with Crippen LogP contribution in [0.5, 0.6) is 0 Å². The number of para-hydroxylation sites is 1. The first-order valence-corrected chi connectivity index (χ1v) is 4.78. The first-order valence-electron chi connectivity index (χ1n) is 4.78. The number of benzene rings is 1. The Morgan fingerprint density at radius 3 is 2.82 bits per heavy atom. The van der Waals surface area contributed by atoms with Crippen LogP contribution >= 0.6 is 0 Å². The molecule has 3 N–H and O–H groups in total. The zero-order valence-electron chi connectivity index (χ0n) is 8.68. The number of amides is 1. The lowest BCUT2D eigenvalue weighted by Gasteiger charge is -2.04. The zero-order valence-corrected chi connectivity index (χ0v) is 8.68. The minimum absolute atomic E-state index is 0.0497. The molecule has 1 amide bonds. The second-order valence-electron chi connectivity index (χ2n) is 3.30. The van der Waals surface area contributed by atoms with Gasteiger partial charge in [0.2, 0.25) is 5.91 Å². The number of nitrogens with two attached hydrogens (primary N) is 1. The van der Waals surface area contributed by atoms with Crippen LogP contribution in [0.4, 0.5) is 15.9 Å². The monoisotopic (exact) mass is 236 g/mol. The molecule has 2 rings (SSSR count). The minimum Gasteiger partial charge on any atom is -0.379 e. The van der Waals surface area contributed by atoms with Crippen LogP contribution in [0.15, 0.2) is 28.9 Å². The molecule has 17 heavy (non-hydrogen) atoms. The van der Waals surface area contributed by atoms with Gasteiger partial charge < -0.3 is 11.1 Å². The number of nitrogen functional groups attached to an aromatic ring is 1. The number of anilines is 2. The maximum absolute atomic E-state index is 13.2. The molecule has 0 spiro atoms. The van der Waals surface area contributed by atoms with Crippen LogP contribution in [-0.2, 0) is 11.2 Å². The van der Waals surface area contributed by atoms with E-state index in [4.69, 9.17) is 5.73 Å². The highest BCUT2D eigenvalue weighted by Gasteiger charge is 2.12. The number of nitrogens with zero attached hydrogens (tertiary/aromatic N) is 2. The lowest BCUT2D eigenvalue weighted by molar-refractivity contribution is -0.115. The summed E-state index contributed by atoms with van der Waals surface area (Å²) < 4.78 is 17.6. The summed E-state index contributed by atoms with van der Waals surface area (Å²) >= 11 is 0. The van der Waals surface area contributed by atoms with Gasteiger partial charge >= 0.3 is 0 Å². The SMILES string of the molecule is Nc1nonc1CC(=O)Nc1ccccc1F. The first kappa shape index (κ1) is 11.1. The Balaban J connectivity index is 2.03. The summed E-state index contributed by atoms with van der Waals surface area (Å²) in [5.41, 5.74) is 5.72. The van der Waals surface area contributed by atoms with E-state index in [1.165, 1.54) is 18.2 Å². The molecule has 7 heteroatoms. The van der Waals surface area contributed by atoms with Gasteiger partial charge in [-0.1, -0.05) is 17.3 Å². The fraction of sp³-hybridized carbons (Fsp3) is 0.100. The fourth-order valence-corrected chi connectivity index (χ4v) is 1.25. The predicted octanol–water partition coefficient (Wildman–Crippen LogP) is 0.972. The van der Waals surface area contributed by atoms with Crippen molar-refractivity contribution in [3.05, 3.63) is 35.8 Å². The maximum atomic E-state index is 13.2. The molecule has 1 aromatic heterocycles. The summed E-state index contributed by atoms with van der Waals surface area (Å²) in [6.07, 6.45) is -0.121. The molecular formula is C10H9FN4O2. The van der Waals surface area contributed by atoms with E-state index in [2.05, 4.69) is 20.3 Å². The predicted molar refractivity (Wildman–Crippen MR) is 57.4 cm³/mol.